The molecule has 2 nitrogen and oxygen atoms in total. The van der Waals surface area contributed by atoms with Crippen LogP contribution < -0.4 is 5.32 Å². The Bertz CT molecular complexity index is 179. The van der Waals surface area contributed by atoms with Gasteiger partial charge >= 0.3 is 0 Å². The van der Waals surface area contributed by atoms with Crippen molar-refractivity contribution < 1.29 is 4.79 Å². The average Bonchev–Trinajstić information content (AvgIpc) is 1.99. The summed E-state index contributed by atoms with van der Waals surface area (Å²) in [6, 6.07) is 0. The monoisotopic (exact) mass is 213 g/mol. The van der Waals surface area contributed by atoms with Crippen molar-refractivity contribution in [2.75, 3.05) is 6.54 Å². The Morgan fingerprint density at radius 2 is 1.80 bits per heavy atom. The highest BCUT2D eigenvalue weighted by molar-refractivity contribution is 5.76. The lowest BCUT2D eigenvalue weighted by Gasteiger charge is -2.17. The van der Waals surface area contributed by atoms with E-state index in [-0.39, 0.29) is 11.3 Å². The Hall–Kier alpha value is -0.530. The number of amides is 1. The van der Waals surface area contributed by atoms with E-state index in [0.717, 1.165) is 18.9 Å². The van der Waals surface area contributed by atoms with E-state index in [4.69, 9.17) is 0 Å². The number of carbonyl (C=O) groups excluding carboxylic acids is 1. The minimum Gasteiger partial charge on any atom is -0.356 e. The molecule has 90 valence electrons. The Balaban J connectivity index is 3.40. The molecular formula is C13H27NO. The zero-order valence-corrected chi connectivity index (χ0v) is 11.0. The standard InChI is InChI=1S/C13H27NO/c1-11(2)8-6-7-9-14-12(15)10-13(3,4)5/h11H,6-10H2,1-5H3,(H,14,15). The predicted molar refractivity (Wildman–Crippen MR) is 65.8 cm³/mol. The summed E-state index contributed by atoms with van der Waals surface area (Å²) >= 11 is 0. The Morgan fingerprint density at radius 1 is 1.20 bits per heavy atom. The van der Waals surface area contributed by atoms with Gasteiger partial charge in [-0.2, -0.15) is 0 Å². The van der Waals surface area contributed by atoms with Crippen LogP contribution in [0.5, 0.6) is 0 Å². The molecule has 0 spiro atoms. The fraction of sp³-hybridized carbons (Fsp3) is 0.923. The molecule has 15 heavy (non-hydrogen) atoms. The number of rotatable bonds is 6. The van der Waals surface area contributed by atoms with E-state index < -0.39 is 0 Å². The van der Waals surface area contributed by atoms with Crippen LogP contribution >= 0.6 is 0 Å². The smallest absolute Gasteiger partial charge is 0.220 e. The fourth-order valence-corrected chi connectivity index (χ4v) is 1.45. The number of nitrogens with one attached hydrogen (secondary N) is 1. The third kappa shape index (κ3) is 11.4. The molecule has 1 amide bonds. The molecule has 0 rings (SSSR count). The maximum Gasteiger partial charge on any atom is 0.220 e. The van der Waals surface area contributed by atoms with Crippen LogP contribution in [0, 0.1) is 11.3 Å². The van der Waals surface area contributed by atoms with Crippen molar-refractivity contribution in [3.63, 3.8) is 0 Å². The molecule has 0 aliphatic rings. The first-order chi connectivity index (χ1) is 6.81. The van der Waals surface area contributed by atoms with Crippen molar-refractivity contribution in [3.05, 3.63) is 0 Å². The Labute approximate surface area is 94.8 Å². The van der Waals surface area contributed by atoms with Crippen LogP contribution in [0.25, 0.3) is 0 Å². The SMILES string of the molecule is CC(C)CCCCNC(=O)CC(C)(C)C. The van der Waals surface area contributed by atoms with Gasteiger partial charge in [0.25, 0.3) is 0 Å². The van der Waals surface area contributed by atoms with Crippen molar-refractivity contribution in [2.24, 2.45) is 11.3 Å². The molecule has 0 bridgehead atoms. The zero-order chi connectivity index (χ0) is 11.9. The van der Waals surface area contributed by atoms with Gasteiger partial charge in [0.1, 0.15) is 0 Å². The third-order valence-corrected chi connectivity index (χ3v) is 2.22. The summed E-state index contributed by atoms with van der Waals surface area (Å²) in [6.45, 7) is 11.6. The molecule has 0 aromatic heterocycles. The molecule has 0 saturated carbocycles. The van der Waals surface area contributed by atoms with Gasteiger partial charge in [0, 0.05) is 13.0 Å². The van der Waals surface area contributed by atoms with Crippen LogP contribution in [0.15, 0.2) is 0 Å². The topological polar surface area (TPSA) is 29.1 Å². The molecule has 0 unspecified atom stereocenters. The van der Waals surface area contributed by atoms with Crippen molar-refractivity contribution in [1.29, 1.82) is 0 Å². The van der Waals surface area contributed by atoms with E-state index in [2.05, 4.69) is 39.9 Å². The number of carbonyl (C=O) groups is 1. The molecule has 0 aromatic rings. The minimum atomic E-state index is 0.0992. The van der Waals surface area contributed by atoms with Crippen LogP contribution in [-0.2, 0) is 4.79 Å². The zero-order valence-electron chi connectivity index (χ0n) is 11.0. The molecule has 0 aliphatic carbocycles. The second-order valence-corrected chi connectivity index (χ2v) is 5.98. The minimum absolute atomic E-state index is 0.0992. The van der Waals surface area contributed by atoms with E-state index in [9.17, 15) is 4.79 Å². The molecule has 0 atom stereocenters. The highest BCUT2D eigenvalue weighted by atomic mass is 16.1. The Kier molecular flexibility index (Phi) is 6.62. The fourth-order valence-electron chi connectivity index (χ4n) is 1.45. The van der Waals surface area contributed by atoms with Crippen molar-refractivity contribution in [3.8, 4) is 0 Å². The molecule has 0 fully saturated rings. The van der Waals surface area contributed by atoms with Crippen molar-refractivity contribution in [1.82, 2.24) is 5.32 Å². The summed E-state index contributed by atoms with van der Waals surface area (Å²) in [5, 5.41) is 2.97. The molecule has 0 heterocycles. The largest absolute Gasteiger partial charge is 0.356 e. The lowest BCUT2D eigenvalue weighted by atomic mass is 9.92. The molecule has 0 saturated heterocycles. The second-order valence-electron chi connectivity index (χ2n) is 5.98. The van der Waals surface area contributed by atoms with E-state index in [1.165, 1.54) is 12.8 Å². The predicted octanol–water partition coefficient (Wildman–Crippen LogP) is 3.37. The second kappa shape index (κ2) is 6.86. The van der Waals surface area contributed by atoms with Crippen LogP contribution in [0.2, 0.25) is 0 Å². The summed E-state index contributed by atoms with van der Waals surface area (Å²) in [6.07, 6.45) is 4.20. The lowest BCUT2D eigenvalue weighted by molar-refractivity contribution is -0.122. The quantitative estimate of drug-likeness (QED) is 0.673. The summed E-state index contributed by atoms with van der Waals surface area (Å²) < 4.78 is 0. The molecule has 0 aromatic carbocycles. The van der Waals surface area contributed by atoms with Crippen LogP contribution in [0.3, 0.4) is 0 Å². The van der Waals surface area contributed by atoms with E-state index in [0.29, 0.717) is 6.42 Å². The molecule has 1 N–H and O–H groups in total. The Morgan fingerprint density at radius 3 is 2.27 bits per heavy atom. The molecule has 0 aliphatic heterocycles. The number of unbranched alkanes of at least 4 members (excludes halogenated alkanes) is 1. The van der Waals surface area contributed by atoms with E-state index in [1.54, 1.807) is 0 Å². The highest BCUT2D eigenvalue weighted by Crippen LogP contribution is 2.17. The number of hydrogen-bond acceptors (Lipinski definition) is 1. The maximum atomic E-state index is 11.4. The lowest BCUT2D eigenvalue weighted by Crippen LogP contribution is -2.28. The highest BCUT2D eigenvalue weighted by Gasteiger charge is 2.14. The van der Waals surface area contributed by atoms with Gasteiger partial charge in [-0.15, -0.1) is 0 Å². The number of hydrogen-bond donors (Lipinski definition) is 1. The van der Waals surface area contributed by atoms with Gasteiger partial charge in [0.15, 0.2) is 0 Å². The maximum absolute atomic E-state index is 11.4. The summed E-state index contributed by atoms with van der Waals surface area (Å²) in [7, 11) is 0. The van der Waals surface area contributed by atoms with Crippen molar-refractivity contribution >= 4 is 5.91 Å². The third-order valence-electron chi connectivity index (χ3n) is 2.22. The van der Waals surface area contributed by atoms with Gasteiger partial charge in [-0.25, -0.2) is 0 Å². The van der Waals surface area contributed by atoms with Gasteiger partial charge < -0.3 is 5.32 Å². The van der Waals surface area contributed by atoms with Gasteiger partial charge in [0.05, 0.1) is 0 Å². The van der Waals surface area contributed by atoms with E-state index in [1.807, 2.05) is 0 Å². The summed E-state index contributed by atoms with van der Waals surface area (Å²) in [5.74, 6) is 0.960. The van der Waals surface area contributed by atoms with Gasteiger partial charge in [-0.05, 0) is 17.8 Å². The molecular weight excluding hydrogens is 186 g/mol. The summed E-state index contributed by atoms with van der Waals surface area (Å²) in [5.41, 5.74) is 0.0992. The summed E-state index contributed by atoms with van der Waals surface area (Å²) in [4.78, 5) is 11.4. The van der Waals surface area contributed by atoms with Crippen LogP contribution in [-0.4, -0.2) is 12.5 Å². The normalized spacial score (nSPS) is 11.9. The first kappa shape index (κ1) is 14.5. The van der Waals surface area contributed by atoms with Gasteiger partial charge in [-0.3, -0.25) is 4.79 Å². The first-order valence-electron chi connectivity index (χ1n) is 6.08. The van der Waals surface area contributed by atoms with E-state index >= 15 is 0 Å². The first-order valence-corrected chi connectivity index (χ1v) is 6.08. The van der Waals surface area contributed by atoms with Crippen molar-refractivity contribution in [2.45, 2.75) is 60.3 Å². The van der Waals surface area contributed by atoms with Gasteiger partial charge in [-0.1, -0.05) is 47.5 Å². The molecule has 2 heteroatoms. The van der Waals surface area contributed by atoms with Crippen LogP contribution in [0.1, 0.15) is 60.3 Å². The van der Waals surface area contributed by atoms with Gasteiger partial charge in [0.2, 0.25) is 5.91 Å². The van der Waals surface area contributed by atoms with Crippen LogP contribution in [0.4, 0.5) is 0 Å². The molecule has 0 radical (unpaired) electrons. The average molecular weight is 213 g/mol.